The number of hydrogen-bond donors (Lipinski definition) is 2. The number of para-hydroxylation sites is 1. The molecule has 9 nitrogen and oxygen atoms in total. The Bertz CT molecular complexity index is 1180. The highest BCUT2D eigenvalue weighted by molar-refractivity contribution is 7.91. The highest BCUT2D eigenvalue weighted by atomic mass is 35.5. The predicted molar refractivity (Wildman–Crippen MR) is 119 cm³/mol. The van der Waals surface area contributed by atoms with Gasteiger partial charge in [0.15, 0.2) is 9.84 Å². The van der Waals surface area contributed by atoms with Crippen molar-refractivity contribution in [2.75, 3.05) is 40.5 Å². The number of sulfone groups is 1. The molecule has 0 aliphatic carbocycles. The van der Waals surface area contributed by atoms with E-state index in [0.717, 1.165) is 10.9 Å². The number of nitrogens with one attached hydrogen (secondary N) is 1. The number of rotatable bonds is 4. The first kappa shape index (κ1) is 20.5. The molecule has 1 saturated heterocycles. The van der Waals surface area contributed by atoms with E-state index in [1.54, 1.807) is 13.0 Å². The van der Waals surface area contributed by atoms with Crippen LogP contribution in [0.4, 0.5) is 17.7 Å². The van der Waals surface area contributed by atoms with Crippen molar-refractivity contribution < 1.29 is 8.42 Å². The molecule has 11 heteroatoms. The third-order valence-corrected chi connectivity index (χ3v) is 6.94. The highest BCUT2D eigenvalue weighted by Crippen LogP contribution is 2.33. The molecule has 158 valence electrons. The molecule has 0 unspecified atom stereocenters. The average Bonchev–Trinajstić information content (AvgIpc) is 2.67. The fourth-order valence-electron chi connectivity index (χ4n) is 3.50. The number of nitrogen functional groups attached to an aromatic ring is 1. The number of nitrogens with two attached hydrogens (primary N) is 1. The summed E-state index contributed by atoms with van der Waals surface area (Å²) in [6, 6.07) is 7.40. The van der Waals surface area contributed by atoms with E-state index in [-0.39, 0.29) is 23.5 Å². The van der Waals surface area contributed by atoms with Crippen molar-refractivity contribution in [1.29, 1.82) is 0 Å². The first-order chi connectivity index (χ1) is 14.2. The van der Waals surface area contributed by atoms with Gasteiger partial charge in [0.1, 0.15) is 11.6 Å². The zero-order valence-corrected chi connectivity index (χ0v) is 18.2. The van der Waals surface area contributed by atoms with Crippen molar-refractivity contribution in [2.45, 2.75) is 19.9 Å². The van der Waals surface area contributed by atoms with Crippen molar-refractivity contribution in [3.05, 3.63) is 40.7 Å². The first-order valence-corrected chi connectivity index (χ1v) is 11.7. The van der Waals surface area contributed by atoms with Crippen LogP contribution in [0.1, 0.15) is 24.4 Å². The summed E-state index contributed by atoms with van der Waals surface area (Å²) in [5.41, 5.74) is 7.31. The quantitative estimate of drug-likeness (QED) is 0.619. The van der Waals surface area contributed by atoms with Crippen LogP contribution in [0.3, 0.4) is 0 Å². The molecular formula is C19H22ClN7O2S. The van der Waals surface area contributed by atoms with E-state index in [9.17, 15) is 8.42 Å². The van der Waals surface area contributed by atoms with Crippen LogP contribution < -0.4 is 16.0 Å². The Morgan fingerprint density at radius 1 is 1.17 bits per heavy atom. The Morgan fingerprint density at radius 2 is 1.90 bits per heavy atom. The summed E-state index contributed by atoms with van der Waals surface area (Å²) in [4.78, 5) is 19.2. The predicted octanol–water partition coefficient (Wildman–Crippen LogP) is 2.37. The molecule has 1 aliphatic heterocycles. The normalized spacial score (nSPS) is 17.1. The number of hydrogen-bond acceptors (Lipinski definition) is 9. The maximum atomic E-state index is 11.9. The van der Waals surface area contributed by atoms with E-state index >= 15 is 0 Å². The van der Waals surface area contributed by atoms with E-state index in [1.165, 1.54) is 0 Å². The van der Waals surface area contributed by atoms with Crippen molar-refractivity contribution in [3.8, 4) is 0 Å². The van der Waals surface area contributed by atoms with Crippen molar-refractivity contribution in [3.63, 3.8) is 0 Å². The molecule has 1 aromatic carbocycles. The standard InChI is InChI=1S/C19H22ClN7O2S/c1-11(22-19-24-12(2)23-18(21)26-19)14-10-13-4-3-5-15(20)16(13)25-17(14)27-6-8-30(28,29)9-7-27/h3-5,10-11H,6-9H2,1-2H3,(H3,21,22,23,24,26)/t11-/m0/s1. The molecule has 0 bridgehead atoms. The Morgan fingerprint density at radius 3 is 2.60 bits per heavy atom. The summed E-state index contributed by atoms with van der Waals surface area (Å²) in [7, 11) is -3.02. The van der Waals surface area contributed by atoms with E-state index in [0.29, 0.717) is 41.2 Å². The average molecular weight is 448 g/mol. The number of anilines is 3. The van der Waals surface area contributed by atoms with Crippen LogP contribution in [0, 0.1) is 6.92 Å². The van der Waals surface area contributed by atoms with Crippen molar-refractivity contribution in [2.24, 2.45) is 0 Å². The van der Waals surface area contributed by atoms with Gasteiger partial charge in [0.05, 0.1) is 28.1 Å². The Kier molecular flexibility index (Phi) is 5.37. The van der Waals surface area contributed by atoms with Gasteiger partial charge < -0.3 is 16.0 Å². The van der Waals surface area contributed by atoms with E-state index in [4.69, 9.17) is 22.3 Å². The van der Waals surface area contributed by atoms with Gasteiger partial charge in [-0.1, -0.05) is 23.7 Å². The van der Waals surface area contributed by atoms with Crippen molar-refractivity contribution >= 4 is 50.1 Å². The molecule has 1 aliphatic rings. The molecule has 2 aromatic heterocycles. The third kappa shape index (κ3) is 4.24. The first-order valence-electron chi connectivity index (χ1n) is 9.51. The summed E-state index contributed by atoms with van der Waals surface area (Å²) in [6.45, 7) is 4.46. The van der Waals surface area contributed by atoms with Gasteiger partial charge in [0, 0.05) is 24.0 Å². The molecule has 1 atom stereocenters. The zero-order valence-electron chi connectivity index (χ0n) is 16.6. The minimum atomic E-state index is -3.02. The second-order valence-corrected chi connectivity index (χ2v) is 9.99. The summed E-state index contributed by atoms with van der Waals surface area (Å²) >= 11 is 6.38. The molecule has 0 radical (unpaired) electrons. The molecule has 3 N–H and O–H groups in total. The maximum absolute atomic E-state index is 11.9. The number of benzene rings is 1. The number of nitrogens with zero attached hydrogens (tertiary/aromatic N) is 5. The lowest BCUT2D eigenvalue weighted by atomic mass is 10.1. The van der Waals surface area contributed by atoms with E-state index in [1.807, 2.05) is 30.0 Å². The van der Waals surface area contributed by atoms with Crippen LogP contribution in [0.2, 0.25) is 5.02 Å². The molecule has 3 aromatic rings. The Hall–Kier alpha value is -2.72. The van der Waals surface area contributed by atoms with E-state index < -0.39 is 9.84 Å². The maximum Gasteiger partial charge on any atom is 0.228 e. The summed E-state index contributed by atoms with van der Waals surface area (Å²) < 4.78 is 23.8. The number of pyridine rings is 1. The Balaban J connectivity index is 1.76. The fraction of sp³-hybridized carbons (Fsp3) is 0.368. The van der Waals surface area contributed by atoms with Crippen LogP contribution >= 0.6 is 11.6 Å². The van der Waals surface area contributed by atoms with Crippen LogP contribution in [0.15, 0.2) is 24.3 Å². The van der Waals surface area contributed by atoms with Gasteiger partial charge in [0.2, 0.25) is 11.9 Å². The number of halogens is 1. The van der Waals surface area contributed by atoms with E-state index in [2.05, 4.69) is 20.3 Å². The van der Waals surface area contributed by atoms with Crippen LogP contribution in [-0.2, 0) is 9.84 Å². The zero-order chi connectivity index (χ0) is 21.5. The summed E-state index contributed by atoms with van der Waals surface area (Å²) in [5, 5.41) is 4.70. The van der Waals surface area contributed by atoms with Gasteiger partial charge in [-0.25, -0.2) is 13.4 Å². The second-order valence-electron chi connectivity index (χ2n) is 7.28. The minimum absolute atomic E-state index is 0.0969. The molecule has 0 saturated carbocycles. The van der Waals surface area contributed by atoms with Gasteiger partial charge in [-0.2, -0.15) is 15.0 Å². The molecule has 3 heterocycles. The molecule has 1 fully saturated rings. The molecule has 0 spiro atoms. The van der Waals surface area contributed by atoms with Gasteiger partial charge in [-0.3, -0.25) is 0 Å². The van der Waals surface area contributed by atoms with Gasteiger partial charge in [-0.15, -0.1) is 0 Å². The van der Waals surface area contributed by atoms with Crippen LogP contribution in [0.5, 0.6) is 0 Å². The second kappa shape index (κ2) is 7.84. The lowest BCUT2D eigenvalue weighted by Gasteiger charge is -2.31. The number of aryl methyl sites for hydroxylation is 1. The van der Waals surface area contributed by atoms with Gasteiger partial charge in [-0.05, 0) is 26.0 Å². The molecule has 4 rings (SSSR count). The molecule has 0 amide bonds. The topological polar surface area (TPSA) is 127 Å². The van der Waals surface area contributed by atoms with Gasteiger partial charge >= 0.3 is 0 Å². The molecule has 30 heavy (non-hydrogen) atoms. The highest BCUT2D eigenvalue weighted by Gasteiger charge is 2.26. The number of aromatic nitrogens is 4. The monoisotopic (exact) mass is 447 g/mol. The smallest absolute Gasteiger partial charge is 0.228 e. The minimum Gasteiger partial charge on any atom is -0.368 e. The lowest BCUT2D eigenvalue weighted by molar-refractivity contribution is 0.586. The lowest BCUT2D eigenvalue weighted by Crippen LogP contribution is -2.41. The number of fused-ring (bicyclic) bond motifs is 1. The van der Waals surface area contributed by atoms with Crippen LogP contribution in [0.25, 0.3) is 10.9 Å². The Labute approximate surface area is 179 Å². The summed E-state index contributed by atoms with van der Waals surface area (Å²) in [5.74, 6) is 1.92. The van der Waals surface area contributed by atoms with Crippen molar-refractivity contribution in [1.82, 2.24) is 19.9 Å². The molecular weight excluding hydrogens is 426 g/mol. The van der Waals surface area contributed by atoms with Gasteiger partial charge in [0.25, 0.3) is 0 Å². The largest absolute Gasteiger partial charge is 0.368 e. The fourth-order valence-corrected chi connectivity index (χ4v) is 4.93. The third-order valence-electron chi connectivity index (χ3n) is 5.03. The summed E-state index contributed by atoms with van der Waals surface area (Å²) in [6.07, 6.45) is 0. The SMILES string of the molecule is Cc1nc(N)nc(N[C@@H](C)c2cc3cccc(Cl)c3nc2N2CCS(=O)(=O)CC2)n1. The van der Waals surface area contributed by atoms with Crippen LogP contribution in [-0.4, -0.2) is 52.9 Å².